The fourth-order valence-electron chi connectivity index (χ4n) is 2.11. The van der Waals surface area contributed by atoms with E-state index >= 15 is 0 Å². The maximum atomic E-state index is 11.9. The second kappa shape index (κ2) is 4.23. The number of carbonyl (C=O) groups excluding carboxylic acids is 1. The van der Waals surface area contributed by atoms with E-state index in [1.807, 2.05) is 25.2 Å². The summed E-state index contributed by atoms with van der Waals surface area (Å²) in [4.78, 5) is 13.7. The monoisotopic (exact) mass is 223 g/mol. The zero-order valence-corrected chi connectivity index (χ0v) is 9.50. The number of amides is 1. The highest BCUT2D eigenvalue weighted by atomic mass is 35.5. The quantitative estimate of drug-likeness (QED) is 0.706. The lowest BCUT2D eigenvalue weighted by Gasteiger charge is -2.31. The minimum absolute atomic E-state index is 0.0578. The fraction of sp³-hybridized carbons (Fsp3) is 0.417. The number of carbonyl (C=O) groups is 1. The Morgan fingerprint density at radius 3 is 2.93 bits per heavy atom. The highest BCUT2D eigenvalue weighted by Gasteiger charge is 2.29. The van der Waals surface area contributed by atoms with Gasteiger partial charge in [-0.15, -0.1) is 11.6 Å². The molecule has 0 saturated carbocycles. The molecular weight excluding hydrogens is 210 g/mol. The normalized spacial score (nSPS) is 20.3. The molecule has 1 atom stereocenters. The van der Waals surface area contributed by atoms with Gasteiger partial charge in [-0.2, -0.15) is 0 Å². The first-order valence-corrected chi connectivity index (χ1v) is 5.69. The van der Waals surface area contributed by atoms with Crippen LogP contribution in [0.2, 0.25) is 0 Å². The van der Waals surface area contributed by atoms with E-state index in [9.17, 15) is 4.79 Å². The maximum Gasteiger partial charge on any atom is 0.230 e. The number of hydrogen-bond donors (Lipinski definition) is 0. The van der Waals surface area contributed by atoms with Gasteiger partial charge in [0.2, 0.25) is 5.91 Å². The third-order valence-electron chi connectivity index (χ3n) is 2.96. The number of halogens is 1. The molecule has 15 heavy (non-hydrogen) atoms. The molecule has 0 spiro atoms. The molecule has 80 valence electrons. The van der Waals surface area contributed by atoms with Gasteiger partial charge in [-0.25, -0.2) is 0 Å². The first-order chi connectivity index (χ1) is 7.24. The van der Waals surface area contributed by atoms with Crippen molar-refractivity contribution in [3.63, 3.8) is 0 Å². The molecule has 0 saturated heterocycles. The number of fused-ring (bicyclic) bond motifs is 1. The van der Waals surface area contributed by atoms with E-state index in [1.54, 1.807) is 4.90 Å². The lowest BCUT2D eigenvalue weighted by molar-refractivity contribution is -0.122. The Morgan fingerprint density at radius 1 is 1.47 bits per heavy atom. The summed E-state index contributed by atoms with van der Waals surface area (Å²) in [6, 6.07) is 8.05. The summed E-state index contributed by atoms with van der Waals surface area (Å²) in [5, 5.41) is 0. The molecule has 0 aliphatic carbocycles. The van der Waals surface area contributed by atoms with Crippen LogP contribution >= 0.6 is 11.6 Å². The number of anilines is 1. The van der Waals surface area contributed by atoms with Crippen molar-refractivity contribution in [1.29, 1.82) is 0 Å². The van der Waals surface area contributed by atoms with Crippen LogP contribution in [0, 0.1) is 5.92 Å². The molecule has 1 aromatic carbocycles. The second-order valence-corrected chi connectivity index (χ2v) is 4.28. The number of benzene rings is 1. The van der Waals surface area contributed by atoms with Crippen LogP contribution in [0.15, 0.2) is 24.3 Å². The molecular formula is C12H14ClNO. The summed E-state index contributed by atoms with van der Waals surface area (Å²) >= 11 is 5.70. The first-order valence-electron chi connectivity index (χ1n) is 5.15. The molecule has 0 aromatic heterocycles. The molecule has 1 aliphatic rings. The van der Waals surface area contributed by atoms with E-state index in [2.05, 4.69) is 6.07 Å². The average molecular weight is 224 g/mol. The molecule has 2 rings (SSSR count). The predicted octanol–water partition coefficient (Wildman–Crippen LogP) is 2.45. The third-order valence-corrected chi connectivity index (χ3v) is 3.17. The molecule has 0 fully saturated rings. The van der Waals surface area contributed by atoms with Gasteiger partial charge in [-0.3, -0.25) is 4.79 Å². The highest BCUT2D eigenvalue weighted by molar-refractivity contribution is 6.18. The van der Waals surface area contributed by atoms with E-state index in [0.717, 1.165) is 18.5 Å². The average Bonchev–Trinajstić information content (AvgIpc) is 2.26. The van der Waals surface area contributed by atoms with Crippen molar-refractivity contribution in [1.82, 2.24) is 0 Å². The van der Waals surface area contributed by atoms with Gasteiger partial charge in [0.05, 0.1) is 0 Å². The van der Waals surface area contributed by atoms with E-state index in [4.69, 9.17) is 11.6 Å². The van der Waals surface area contributed by atoms with Gasteiger partial charge in [0.15, 0.2) is 0 Å². The van der Waals surface area contributed by atoms with Crippen LogP contribution in [0.1, 0.15) is 12.0 Å². The summed E-state index contributed by atoms with van der Waals surface area (Å²) in [6.45, 7) is 0. The Hall–Kier alpha value is -1.02. The van der Waals surface area contributed by atoms with Gasteiger partial charge in [0.1, 0.15) is 0 Å². The molecule has 0 radical (unpaired) electrons. The van der Waals surface area contributed by atoms with Gasteiger partial charge in [0.25, 0.3) is 0 Å². The van der Waals surface area contributed by atoms with Gasteiger partial charge in [-0.05, 0) is 24.5 Å². The SMILES string of the molecule is CN1C(=O)C(CCCl)Cc2ccccc21. The number of nitrogens with zero attached hydrogens (tertiary/aromatic N) is 1. The zero-order valence-electron chi connectivity index (χ0n) is 8.74. The van der Waals surface area contributed by atoms with Crippen LogP contribution < -0.4 is 4.90 Å². The Morgan fingerprint density at radius 2 is 2.20 bits per heavy atom. The summed E-state index contributed by atoms with van der Waals surface area (Å²) in [6.07, 6.45) is 1.59. The Kier molecular flexibility index (Phi) is 2.96. The van der Waals surface area contributed by atoms with Crippen molar-refractivity contribution in [2.24, 2.45) is 5.92 Å². The molecule has 3 heteroatoms. The van der Waals surface area contributed by atoms with Crippen molar-refractivity contribution in [3.05, 3.63) is 29.8 Å². The minimum atomic E-state index is 0.0578. The Bertz CT molecular complexity index is 378. The summed E-state index contributed by atoms with van der Waals surface area (Å²) < 4.78 is 0. The molecule has 1 unspecified atom stereocenters. The molecule has 1 aliphatic heterocycles. The molecule has 1 heterocycles. The van der Waals surface area contributed by atoms with Crippen LogP contribution in [0.3, 0.4) is 0 Å². The van der Waals surface area contributed by atoms with Crippen LogP contribution in [-0.2, 0) is 11.2 Å². The zero-order chi connectivity index (χ0) is 10.8. The Balaban J connectivity index is 2.32. The lowest BCUT2D eigenvalue weighted by atomic mass is 9.90. The van der Waals surface area contributed by atoms with Gasteiger partial charge >= 0.3 is 0 Å². The number of alkyl halides is 1. The molecule has 1 amide bonds. The number of para-hydroxylation sites is 1. The fourth-order valence-corrected chi connectivity index (χ4v) is 2.38. The predicted molar refractivity (Wildman–Crippen MR) is 62.4 cm³/mol. The minimum Gasteiger partial charge on any atom is -0.315 e. The van der Waals surface area contributed by atoms with Crippen molar-refractivity contribution < 1.29 is 4.79 Å². The van der Waals surface area contributed by atoms with E-state index in [-0.39, 0.29) is 11.8 Å². The standard InChI is InChI=1S/C12H14ClNO/c1-14-11-5-3-2-4-9(11)8-10(6-7-13)12(14)15/h2-5,10H,6-8H2,1H3. The van der Waals surface area contributed by atoms with E-state index < -0.39 is 0 Å². The van der Waals surface area contributed by atoms with Crippen molar-refractivity contribution in [3.8, 4) is 0 Å². The van der Waals surface area contributed by atoms with Crippen molar-refractivity contribution in [2.45, 2.75) is 12.8 Å². The first kappa shape index (κ1) is 10.5. The second-order valence-electron chi connectivity index (χ2n) is 3.90. The van der Waals surface area contributed by atoms with Crippen molar-refractivity contribution >= 4 is 23.2 Å². The van der Waals surface area contributed by atoms with Gasteiger partial charge in [-0.1, -0.05) is 18.2 Å². The van der Waals surface area contributed by atoms with Crippen molar-refractivity contribution in [2.75, 3.05) is 17.8 Å². The summed E-state index contributed by atoms with van der Waals surface area (Å²) in [5.41, 5.74) is 2.28. The summed E-state index contributed by atoms with van der Waals surface area (Å²) in [7, 11) is 1.83. The largest absolute Gasteiger partial charge is 0.315 e. The van der Waals surface area contributed by atoms with Gasteiger partial charge in [0, 0.05) is 24.5 Å². The summed E-state index contributed by atoms with van der Waals surface area (Å²) in [5.74, 6) is 0.795. The lowest BCUT2D eigenvalue weighted by Crippen LogP contribution is -2.38. The van der Waals surface area contributed by atoms with Gasteiger partial charge < -0.3 is 4.90 Å². The van der Waals surface area contributed by atoms with E-state index in [0.29, 0.717) is 5.88 Å². The molecule has 1 aromatic rings. The molecule has 0 N–H and O–H groups in total. The molecule has 2 nitrogen and oxygen atoms in total. The third kappa shape index (κ3) is 1.86. The van der Waals surface area contributed by atoms with Crippen LogP contribution in [0.25, 0.3) is 0 Å². The number of rotatable bonds is 2. The maximum absolute atomic E-state index is 11.9. The highest BCUT2D eigenvalue weighted by Crippen LogP contribution is 2.30. The van der Waals surface area contributed by atoms with E-state index in [1.165, 1.54) is 5.56 Å². The van der Waals surface area contributed by atoms with Crippen LogP contribution in [0.5, 0.6) is 0 Å². The van der Waals surface area contributed by atoms with Crippen LogP contribution in [0.4, 0.5) is 5.69 Å². The topological polar surface area (TPSA) is 20.3 Å². The Labute approximate surface area is 94.8 Å². The van der Waals surface area contributed by atoms with Crippen LogP contribution in [-0.4, -0.2) is 18.8 Å². The molecule has 0 bridgehead atoms. The number of hydrogen-bond acceptors (Lipinski definition) is 1. The smallest absolute Gasteiger partial charge is 0.230 e.